The van der Waals surface area contributed by atoms with E-state index in [-0.39, 0.29) is 11.9 Å². The number of esters is 2. The van der Waals surface area contributed by atoms with Gasteiger partial charge in [0.1, 0.15) is 13.2 Å². The Bertz CT molecular complexity index is 186. The van der Waals surface area contributed by atoms with Crippen molar-refractivity contribution < 1.29 is 19.1 Å². The Morgan fingerprint density at radius 2 is 1.40 bits per heavy atom. The predicted molar refractivity (Wildman–Crippen MR) is 55.4 cm³/mol. The van der Waals surface area contributed by atoms with Gasteiger partial charge in [0.25, 0.3) is 0 Å². The van der Waals surface area contributed by atoms with E-state index in [4.69, 9.17) is 9.47 Å². The summed E-state index contributed by atoms with van der Waals surface area (Å²) in [7, 11) is 0. The van der Waals surface area contributed by atoms with Crippen molar-refractivity contribution >= 4 is 11.9 Å². The van der Waals surface area contributed by atoms with Crippen molar-refractivity contribution in [2.75, 3.05) is 32.8 Å². The van der Waals surface area contributed by atoms with Gasteiger partial charge in [0.15, 0.2) is 0 Å². The summed E-state index contributed by atoms with van der Waals surface area (Å²) in [5.74, 6) is -0.544. The van der Waals surface area contributed by atoms with Gasteiger partial charge in [-0.15, -0.1) is 0 Å². The molecule has 0 amide bonds. The molecule has 0 aromatic heterocycles. The number of ether oxygens (including phenoxy) is 2. The molecule has 0 aliphatic carbocycles. The van der Waals surface area contributed by atoms with Crippen molar-refractivity contribution in [3.05, 3.63) is 0 Å². The lowest BCUT2D eigenvalue weighted by Crippen LogP contribution is -2.31. The highest BCUT2D eigenvalue weighted by Crippen LogP contribution is 1.89. The molecule has 15 heavy (non-hydrogen) atoms. The first-order valence-corrected chi connectivity index (χ1v) is 5.05. The van der Waals surface area contributed by atoms with Gasteiger partial charge in [-0.2, -0.15) is 0 Å². The third kappa shape index (κ3) is 9.21. The number of likely N-dealkylation sites (N-methyl/N-ethyl adjacent to an activating group) is 1. The molecule has 5 heteroatoms. The van der Waals surface area contributed by atoms with Crippen molar-refractivity contribution in [3.8, 4) is 0 Å². The van der Waals surface area contributed by atoms with Gasteiger partial charge in [0.2, 0.25) is 0 Å². The van der Waals surface area contributed by atoms with E-state index < -0.39 is 0 Å². The van der Waals surface area contributed by atoms with Crippen molar-refractivity contribution in [2.45, 2.75) is 20.8 Å². The van der Waals surface area contributed by atoms with E-state index in [1.54, 1.807) is 0 Å². The van der Waals surface area contributed by atoms with Crippen LogP contribution in [0.4, 0.5) is 0 Å². The molecular formula is C10H19NO4. The molecule has 5 nitrogen and oxygen atoms in total. The van der Waals surface area contributed by atoms with Gasteiger partial charge < -0.3 is 9.47 Å². The second kappa shape index (κ2) is 8.23. The SMILES string of the molecule is CCN(CCOC(C)=O)CCOC(C)=O. The highest BCUT2D eigenvalue weighted by Gasteiger charge is 2.03. The van der Waals surface area contributed by atoms with Crippen LogP contribution < -0.4 is 0 Å². The van der Waals surface area contributed by atoms with Gasteiger partial charge in [-0.1, -0.05) is 6.92 Å². The van der Waals surface area contributed by atoms with Gasteiger partial charge in [0.05, 0.1) is 0 Å². The monoisotopic (exact) mass is 217 g/mol. The standard InChI is InChI=1S/C10H19NO4/c1-4-11(5-7-14-9(2)12)6-8-15-10(3)13/h4-8H2,1-3H3. The number of carbonyl (C=O) groups is 2. The number of hydrogen-bond donors (Lipinski definition) is 0. The van der Waals surface area contributed by atoms with Gasteiger partial charge in [0, 0.05) is 26.9 Å². The minimum atomic E-state index is -0.272. The first-order valence-electron chi connectivity index (χ1n) is 5.05. The van der Waals surface area contributed by atoms with Crippen molar-refractivity contribution in [1.82, 2.24) is 4.90 Å². The number of rotatable bonds is 7. The van der Waals surface area contributed by atoms with Crippen LogP contribution >= 0.6 is 0 Å². The van der Waals surface area contributed by atoms with Crippen LogP contribution in [0.15, 0.2) is 0 Å². The predicted octanol–water partition coefficient (Wildman–Crippen LogP) is 0.434. The Kier molecular flexibility index (Phi) is 7.62. The van der Waals surface area contributed by atoms with Crippen molar-refractivity contribution in [3.63, 3.8) is 0 Å². The first-order chi connectivity index (χ1) is 7.06. The van der Waals surface area contributed by atoms with Gasteiger partial charge >= 0.3 is 11.9 Å². The van der Waals surface area contributed by atoms with E-state index in [2.05, 4.69) is 0 Å². The molecule has 0 rings (SSSR count). The molecule has 0 N–H and O–H groups in total. The molecule has 0 aromatic carbocycles. The fourth-order valence-corrected chi connectivity index (χ4v) is 1.06. The van der Waals surface area contributed by atoms with Crippen LogP contribution in [0.25, 0.3) is 0 Å². The van der Waals surface area contributed by atoms with Crippen LogP contribution in [-0.4, -0.2) is 49.7 Å². The highest BCUT2D eigenvalue weighted by molar-refractivity contribution is 5.66. The van der Waals surface area contributed by atoms with E-state index in [0.717, 1.165) is 6.54 Å². The average Bonchev–Trinajstić information content (AvgIpc) is 2.14. The molecule has 0 saturated heterocycles. The zero-order valence-corrected chi connectivity index (χ0v) is 9.62. The van der Waals surface area contributed by atoms with Crippen molar-refractivity contribution in [1.29, 1.82) is 0 Å². The molecule has 0 aromatic rings. The van der Waals surface area contributed by atoms with E-state index in [1.165, 1.54) is 13.8 Å². The normalized spacial score (nSPS) is 10.1. The van der Waals surface area contributed by atoms with Crippen LogP contribution in [0.3, 0.4) is 0 Å². The molecule has 0 saturated carbocycles. The van der Waals surface area contributed by atoms with E-state index in [1.807, 2.05) is 11.8 Å². The fourth-order valence-electron chi connectivity index (χ4n) is 1.06. The minimum Gasteiger partial charge on any atom is -0.465 e. The maximum Gasteiger partial charge on any atom is 0.302 e. The molecule has 0 heterocycles. The third-order valence-corrected chi connectivity index (χ3v) is 1.87. The lowest BCUT2D eigenvalue weighted by atomic mass is 10.5. The Morgan fingerprint density at radius 1 is 1.00 bits per heavy atom. The second-order valence-electron chi connectivity index (χ2n) is 3.11. The quantitative estimate of drug-likeness (QED) is 0.579. The van der Waals surface area contributed by atoms with Crippen LogP contribution in [0, 0.1) is 0 Å². The first kappa shape index (κ1) is 13.9. The smallest absolute Gasteiger partial charge is 0.302 e. The zero-order chi connectivity index (χ0) is 11.7. The lowest BCUT2D eigenvalue weighted by molar-refractivity contribution is -0.141. The summed E-state index contributed by atoms with van der Waals surface area (Å²) in [5.41, 5.74) is 0. The molecular weight excluding hydrogens is 198 g/mol. The van der Waals surface area contributed by atoms with Crippen LogP contribution in [0.5, 0.6) is 0 Å². The Morgan fingerprint density at radius 3 is 1.67 bits per heavy atom. The molecule has 0 aliphatic heterocycles. The largest absolute Gasteiger partial charge is 0.465 e. The summed E-state index contributed by atoms with van der Waals surface area (Å²) in [4.78, 5) is 23.1. The van der Waals surface area contributed by atoms with E-state index >= 15 is 0 Å². The molecule has 0 bridgehead atoms. The molecule has 0 radical (unpaired) electrons. The fraction of sp³-hybridized carbons (Fsp3) is 0.800. The maximum absolute atomic E-state index is 10.5. The van der Waals surface area contributed by atoms with Gasteiger partial charge in [-0.05, 0) is 6.54 Å². The summed E-state index contributed by atoms with van der Waals surface area (Å²) in [6, 6.07) is 0. The van der Waals surface area contributed by atoms with Gasteiger partial charge in [-0.3, -0.25) is 14.5 Å². The zero-order valence-electron chi connectivity index (χ0n) is 9.62. The highest BCUT2D eigenvalue weighted by atomic mass is 16.5. The number of nitrogens with zero attached hydrogens (tertiary/aromatic N) is 1. The van der Waals surface area contributed by atoms with Crippen LogP contribution in [0.2, 0.25) is 0 Å². The van der Waals surface area contributed by atoms with Crippen LogP contribution in [-0.2, 0) is 19.1 Å². The maximum atomic E-state index is 10.5. The summed E-state index contributed by atoms with van der Waals surface area (Å²) in [6.45, 7) is 7.69. The number of hydrogen-bond acceptors (Lipinski definition) is 5. The topological polar surface area (TPSA) is 55.8 Å². The summed E-state index contributed by atoms with van der Waals surface area (Å²) in [5, 5.41) is 0. The lowest BCUT2D eigenvalue weighted by Gasteiger charge is -2.19. The molecule has 0 unspecified atom stereocenters. The summed E-state index contributed by atoms with van der Waals surface area (Å²) in [6.07, 6.45) is 0. The molecule has 0 spiro atoms. The Labute approximate surface area is 90.3 Å². The molecule has 0 atom stereocenters. The van der Waals surface area contributed by atoms with E-state index in [0.29, 0.717) is 26.3 Å². The molecule has 0 fully saturated rings. The number of carbonyl (C=O) groups excluding carboxylic acids is 2. The minimum absolute atomic E-state index is 0.272. The molecule has 0 aliphatic rings. The van der Waals surface area contributed by atoms with Gasteiger partial charge in [-0.25, -0.2) is 0 Å². The second-order valence-corrected chi connectivity index (χ2v) is 3.11. The van der Waals surface area contributed by atoms with E-state index in [9.17, 15) is 9.59 Å². The van der Waals surface area contributed by atoms with Crippen LogP contribution in [0.1, 0.15) is 20.8 Å². The third-order valence-electron chi connectivity index (χ3n) is 1.87. The van der Waals surface area contributed by atoms with Crippen molar-refractivity contribution in [2.24, 2.45) is 0 Å². The average molecular weight is 217 g/mol. The Hall–Kier alpha value is -1.10. The Balaban J connectivity index is 3.54. The summed E-state index contributed by atoms with van der Waals surface area (Å²) < 4.78 is 9.63. The summed E-state index contributed by atoms with van der Waals surface area (Å²) >= 11 is 0. The molecule has 88 valence electrons.